The molecule has 0 unspecified atom stereocenters. The molecule has 0 amide bonds. The Morgan fingerprint density at radius 3 is 2.83 bits per heavy atom. The Balaban J connectivity index is 2.45. The molecule has 0 aliphatic carbocycles. The van der Waals surface area contributed by atoms with Crippen molar-refractivity contribution in [2.75, 3.05) is 5.73 Å². The number of rotatable bonds is 1. The van der Waals surface area contributed by atoms with E-state index in [-0.39, 0.29) is 0 Å². The van der Waals surface area contributed by atoms with Crippen LogP contribution >= 0.6 is 15.9 Å². The largest absolute Gasteiger partial charge is 0.394 e. The van der Waals surface area contributed by atoms with Gasteiger partial charge >= 0.3 is 0 Å². The Kier molecular flexibility index (Phi) is 2.45. The Bertz CT molecular complexity index is 742. The molecule has 2 aromatic heterocycles. The summed E-state index contributed by atoms with van der Waals surface area (Å²) >= 11 is 3.50. The summed E-state index contributed by atoms with van der Waals surface area (Å²) in [5.41, 5.74) is 9.71. The molecule has 1 aromatic carbocycles. The van der Waals surface area contributed by atoms with Crippen LogP contribution in [-0.4, -0.2) is 9.72 Å². The third-order valence-corrected chi connectivity index (χ3v) is 3.77. The molecular formula is C13H12BrN3O. The number of anilines is 1. The Labute approximate surface area is 112 Å². The van der Waals surface area contributed by atoms with Crippen molar-refractivity contribution in [2.24, 2.45) is 7.05 Å². The zero-order valence-electron chi connectivity index (χ0n) is 10.1. The number of nitrogens with two attached hydrogens (primary N) is 1. The van der Waals surface area contributed by atoms with Crippen LogP contribution in [0.15, 0.2) is 33.4 Å². The molecule has 2 N–H and O–H groups in total. The van der Waals surface area contributed by atoms with Crippen molar-refractivity contribution in [1.29, 1.82) is 0 Å². The first-order valence-electron chi connectivity index (χ1n) is 5.54. The van der Waals surface area contributed by atoms with Gasteiger partial charge in [-0.05, 0) is 25.1 Å². The lowest BCUT2D eigenvalue weighted by Crippen LogP contribution is -1.91. The van der Waals surface area contributed by atoms with Gasteiger partial charge in [0.1, 0.15) is 5.69 Å². The van der Waals surface area contributed by atoms with Crippen LogP contribution in [0, 0.1) is 6.92 Å². The lowest BCUT2D eigenvalue weighted by molar-refractivity contribution is 0.432. The number of hydrogen-bond donors (Lipinski definition) is 1. The van der Waals surface area contributed by atoms with Crippen molar-refractivity contribution in [3.8, 4) is 11.3 Å². The van der Waals surface area contributed by atoms with E-state index in [1.54, 1.807) is 0 Å². The van der Waals surface area contributed by atoms with E-state index in [1.807, 2.05) is 20.0 Å². The molecule has 0 radical (unpaired) electrons. The van der Waals surface area contributed by atoms with E-state index in [0.29, 0.717) is 11.4 Å². The van der Waals surface area contributed by atoms with E-state index in [9.17, 15) is 0 Å². The number of aryl methyl sites for hydroxylation is 1. The number of nitrogens with zero attached hydrogens (tertiary/aromatic N) is 2. The smallest absolute Gasteiger partial charge is 0.192 e. The minimum Gasteiger partial charge on any atom is -0.394 e. The van der Waals surface area contributed by atoms with Crippen LogP contribution in [0.2, 0.25) is 0 Å². The molecule has 2 heterocycles. The highest BCUT2D eigenvalue weighted by atomic mass is 79.9. The van der Waals surface area contributed by atoms with Crippen LogP contribution in [0.25, 0.3) is 22.2 Å². The summed E-state index contributed by atoms with van der Waals surface area (Å²) in [4.78, 5) is 0. The van der Waals surface area contributed by atoms with Gasteiger partial charge < -0.3 is 14.8 Å². The fourth-order valence-electron chi connectivity index (χ4n) is 2.27. The number of benzene rings is 1. The van der Waals surface area contributed by atoms with Gasteiger partial charge in [0, 0.05) is 28.1 Å². The van der Waals surface area contributed by atoms with E-state index in [1.165, 1.54) is 6.20 Å². The van der Waals surface area contributed by atoms with Gasteiger partial charge in [-0.15, -0.1) is 0 Å². The molecule has 5 heteroatoms. The number of hydrogen-bond acceptors (Lipinski definition) is 3. The van der Waals surface area contributed by atoms with Crippen LogP contribution in [-0.2, 0) is 7.05 Å². The normalized spacial score (nSPS) is 11.3. The van der Waals surface area contributed by atoms with Crippen molar-refractivity contribution >= 4 is 32.5 Å². The molecule has 0 aliphatic heterocycles. The minimum absolute atomic E-state index is 0.561. The number of fused-ring (bicyclic) bond motifs is 1. The van der Waals surface area contributed by atoms with Gasteiger partial charge in [0.25, 0.3) is 0 Å². The second-order valence-corrected chi connectivity index (χ2v) is 5.21. The molecule has 3 aromatic rings. The van der Waals surface area contributed by atoms with Crippen LogP contribution in [0.5, 0.6) is 0 Å². The molecule has 0 fully saturated rings. The Hall–Kier alpha value is -1.75. The maximum absolute atomic E-state index is 5.90. The highest BCUT2D eigenvalue weighted by Gasteiger charge is 2.19. The van der Waals surface area contributed by atoms with Crippen molar-refractivity contribution in [2.45, 2.75) is 6.92 Å². The lowest BCUT2D eigenvalue weighted by atomic mass is 10.1. The predicted molar refractivity (Wildman–Crippen MR) is 75.3 cm³/mol. The summed E-state index contributed by atoms with van der Waals surface area (Å²) in [7, 11) is 2.03. The zero-order valence-corrected chi connectivity index (χ0v) is 11.7. The molecule has 18 heavy (non-hydrogen) atoms. The van der Waals surface area contributed by atoms with E-state index in [2.05, 4.69) is 37.8 Å². The van der Waals surface area contributed by atoms with Crippen LogP contribution < -0.4 is 5.73 Å². The van der Waals surface area contributed by atoms with E-state index in [4.69, 9.17) is 10.3 Å². The minimum atomic E-state index is 0.561. The van der Waals surface area contributed by atoms with Crippen molar-refractivity contribution in [1.82, 2.24) is 9.72 Å². The standard InChI is InChI=1S/C13H12BrN3O/c1-7-12(13-10(15)6-16-18-13)9-5-8(14)3-4-11(9)17(7)2/h3-6H,15H2,1-2H3. The van der Waals surface area contributed by atoms with Gasteiger partial charge in [-0.25, -0.2) is 0 Å². The summed E-state index contributed by atoms with van der Waals surface area (Å²) in [6.07, 6.45) is 1.53. The van der Waals surface area contributed by atoms with E-state index in [0.717, 1.165) is 26.6 Å². The van der Waals surface area contributed by atoms with Gasteiger partial charge in [0.2, 0.25) is 0 Å². The SMILES string of the molecule is Cc1c(-c2oncc2N)c2cc(Br)ccc2n1C. The summed E-state index contributed by atoms with van der Waals surface area (Å²) in [5.74, 6) is 0.635. The van der Waals surface area contributed by atoms with Crippen LogP contribution in [0.1, 0.15) is 5.69 Å². The van der Waals surface area contributed by atoms with Crippen LogP contribution in [0.3, 0.4) is 0 Å². The topological polar surface area (TPSA) is 57.0 Å². The molecule has 4 nitrogen and oxygen atoms in total. The summed E-state index contributed by atoms with van der Waals surface area (Å²) < 4.78 is 8.44. The summed E-state index contributed by atoms with van der Waals surface area (Å²) in [5, 5.41) is 4.86. The first-order valence-corrected chi connectivity index (χ1v) is 6.34. The average molecular weight is 306 g/mol. The fourth-order valence-corrected chi connectivity index (χ4v) is 2.63. The first kappa shape index (κ1) is 11.3. The third-order valence-electron chi connectivity index (χ3n) is 3.28. The lowest BCUT2D eigenvalue weighted by Gasteiger charge is -1.99. The van der Waals surface area contributed by atoms with Crippen molar-refractivity contribution in [3.05, 3.63) is 34.6 Å². The van der Waals surface area contributed by atoms with Gasteiger partial charge in [-0.1, -0.05) is 21.1 Å². The highest BCUT2D eigenvalue weighted by Crippen LogP contribution is 2.37. The number of nitrogen functional groups attached to an aromatic ring is 1. The molecule has 92 valence electrons. The van der Waals surface area contributed by atoms with E-state index < -0.39 is 0 Å². The maximum atomic E-state index is 5.90. The van der Waals surface area contributed by atoms with Gasteiger partial charge in [-0.2, -0.15) is 0 Å². The van der Waals surface area contributed by atoms with E-state index >= 15 is 0 Å². The van der Waals surface area contributed by atoms with Crippen molar-refractivity contribution in [3.63, 3.8) is 0 Å². The second kappa shape index (κ2) is 3.88. The summed E-state index contributed by atoms with van der Waals surface area (Å²) in [6, 6.07) is 6.16. The molecular weight excluding hydrogens is 294 g/mol. The van der Waals surface area contributed by atoms with Gasteiger partial charge in [0.05, 0.1) is 11.8 Å². The fraction of sp³-hybridized carbons (Fsp3) is 0.154. The highest BCUT2D eigenvalue weighted by molar-refractivity contribution is 9.10. The zero-order chi connectivity index (χ0) is 12.9. The second-order valence-electron chi connectivity index (χ2n) is 4.29. The molecule has 0 saturated heterocycles. The number of aromatic nitrogens is 2. The Morgan fingerprint density at radius 1 is 1.39 bits per heavy atom. The quantitative estimate of drug-likeness (QED) is 0.749. The predicted octanol–water partition coefficient (Wildman–Crippen LogP) is 3.49. The van der Waals surface area contributed by atoms with Gasteiger partial charge in [0.15, 0.2) is 5.76 Å². The van der Waals surface area contributed by atoms with Crippen LogP contribution in [0.4, 0.5) is 5.69 Å². The van der Waals surface area contributed by atoms with Crippen molar-refractivity contribution < 1.29 is 4.52 Å². The number of halogens is 1. The summed E-state index contributed by atoms with van der Waals surface area (Å²) in [6.45, 7) is 2.05. The molecule has 3 rings (SSSR count). The molecule has 0 bridgehead atoms. The molecule has 0 saturated carbocycles. The molecule has 0 spiro atoms. The first-order chi connectivity index (χ1) is 8.59. The molecule has 0 aliphatic rings. The van der Waals surface area contributed by atoms with Gasteiger partial charge in [-0.3, -0.25) is 0 Å². The maximum Gasteiger partial charge on any atom is 0.192 e. The molecule has 0 atom stereocenters. The Morgan fingerprint density at radius 2 is 2.17 bits per heavy atom. The monoisotopic (exact) mass is 305 g/mol. The third kappa shape index (κ3) is 1.47. The average Bonchev–Trinajstić information content (AvgIpc) is 2.84.